The highest BCUT2D eigenvalue weighted by Gasteiger charge is 2.33. The largest absolute Gasteiger partial charge is 0.347 e. The fourth-order valence-electron chi connectivity index (χ4n) is 3.76. The summed E-state index contributed by atoms with van der Waals surface area (Å²) in [5, 5.41) is 4.67. The van der Waals surface area contributed by atoms with E-state index in [4.69, 9.17) is 4.98 Å². The lowest BCUT2D eigenvalue weighted by Gasteiger charge is -2.12. The molecule has 0 aromatic carbocycles. The van der Waals surface area contributed by atoms with Crippen molar-refractivity contribution in [3.63, 3.8) is 0 Å². The molecule has 2 aromatic rings. The molecule has 4 rings (SSSR count). The molecule has 0 spiro atoms. The van der Waals surface area contributed by atoms with Crippen molar-refractivity contribution in [1.29, 1.82) is 0 Å². The molecule has 2 fully saturated rings. The van der Waals surface area contributed by atoms with Gasteiger partial charge in [-0.25, -0.2) is 27.9 Å². The third-order valence-electron chi connectivity index (χ3n) is 5.09. The lowest BCUT2D eigenvalue weighted by molar-refractivity contribution is 0.462. The maximum absolute atomic E-state index is 11.9. The van der Waals surface area contributed by atoms with Crippen molar-refractivity contribution >= 4 is 9.84 Å². The van der Waals surface area contributed by atoms with Gasteiger partial charge < -0.3 is 0 Å². The molecule has 134 valence electrons. The van der Waals surface area contributed by atoms with E-state index < -0.39 is 9.84 Å². The summed E-state index contributed by atoms with van der Waals surface area (Å²) in [5.74, 6) is 2.04. The molecule has 25 heavy (non-hydrogen) atoms. The van der Waals surface area contributed by atoms with Crippen LogP contribution in [0.3, 0.4) is 0 Å². The number of nitrogens with zero attached hydrogens (tertiary/aromatic N) is 5. The van der Waals surface area contributed by atoms with Crippen LogP contribution in [0.15, 0.2) is 23.3 Å². The molecule has 0 bridgehead atoms. The first-order valence-corrected chi connectivity index (χ1v) is 10.5. The van der Waals surface area contributed by atoms with Gasteiger partial charge >= 0.3 is 5.69 Å². The SMILES string of the molecule is O=c1ncccn1Cc1nc(C2CCCC2)nn1[C@H]1CCS(=O)(=O)C1. The van der Waals surface area contributed by atoms with Crippen LogP contribution in [0.25, 0.3) is 0 Å². The molecule has 1 atom stereocenters. The summed E-state index contributed by atoms with van der Waals surface area (Å²) >= 11 is 0. The van der Waals surface area contributed by atoms with Crippen LogP contribution in [0, 0.1) is 0 Å². The van der Waals surface area contributed by atoms with Crippen molar-refractivity contribution < 1.29 is 8.42 Å². The van der Waals surface area contributed by atoms with Gasteiger partial charge in [0.25, 0.3) is 0 Å². The van der Waals surface area contributed by atoms with Gasteiger partial charge in [0.2, 0.25) is 0 Å². The first-order chi connectivity index (χ1) is 12.0. The quantitative estimate of drug-likeness (QED) is 0.800. The van der Waals surface area contributed by atoms with Crippen molar-refractivity contribution in [3.05, 3.63) is 40.6 Å². The fraction of sp³-hybridized carbons (Fsp3) is 0.625. The van der Waals surface area contributed by atoms with E-state index in [1.165, 1.54) is 23.6 Å². The summed E-state index contributed by atoms with van der Waals surface area (Å²) in [6.07, 6.45) is 8.15. The molecule has 2 aromatic heterocycles. The van der Waals surface area contributed by atoms with Gasteiger partial charge in [-0.05, 0) is 25.3 Å². The van der Waals surface area contributed by atoms with Crippen molar-refractivity contribution in [2.45, 2.75) is 50.6 Å². The molecule has 1 aliphatic carbocycles. The monoisotopic (exact) mass is 363 g/mol. The third-order valence-corrected chi connectivity index (χ3v) is 6.84. The Kier molecular flexibility index (Phi) is 4.18. The van der Waals surface area contributed by atoms with E-state index in [0.717, 1.165) is 18.7 Å². The highest BCUT2D eigenvalue weighted by molar-refractivity contribution is 7.91. The van der Waals surface area contributed by atoms with Crippen LogP contribution in [0.1, 0.15) is 55.7 Å². The average Bonchev–Trinajstić information content (AvgIpc) is 3.28. The Morgan fingerprint density at radius 1 is 1.20 bits per heavy atom. The second-order valence-electron chi connectivity index (χ2n) is 6.90. The summed E-state index contributed by atoms with van der Waals surface area (Å²) in [6.45, 7) is 0.253. The lowest BCUT2D eigenvalue weighted by Crippen LogP contribution is -2.25. The topological polar surface area (TPSA) is 99.7 Å². The number of rotatable bonds is 4. The Hall–Kier alpha value is -2.03. The highest BCUT2D eigenvalue weighted by atomic mass is 32.2. The van der Waals surface area contributed by atoms with E-state index in [2.05, 4.69) is 10.1 Å². The van der Waals surface area contributed by atoms with Crippen LogP contribution in [0.2, 0.25) is 0 Å². The molecule has 0 N–H and O–H groups in total. The van der Waals surface area contributed by atoms with Crippen LogP contribution in [0.4, 0.5) is 0 Å². The van der Waals surface area contributed by atoms with E-state index in [1.54, 1.807) is 16.9 Å². The molecule has 3 heterocycles. The molecular weight excluding hydrogens is 342 g/mol. The van der Waals surface area contributed by atoms with Gasteiger partial charge in [0.05, 0.1) is 24.1 Å². The fourth-order valence-corrected chi connectivity index (χ4v) is 5.45. The van der Waals surface area contributed by atoms with E-state index in [1.807, 2.05) is 0 Å². The molecule has 0 amide bonds. The number of hydrogen-bond donors (Lipinski definition) is 0. The van der Waals surface area contributed by atoms with Gasteiger partial charge in [-0.1, -0.05) is 12.8 Å². The maximum atomic E-state index is 11.9. The number of hydrogen-bond acceptors (Lipinski definition) is 6. The Morgan fingerprint density at radius 3 is 2.68 bits per heavy atom. The minimum absolute atomic E-state index is 0.0927. The molecule has 9 heteroatoms. The van der Waals surface area contributed by atoms with Crippen LogP contribution in [-0.2, 0) is 16.4 Å². The molecule has 0 radical (unpaired) electrons. The summed E-state index contributed by atoms with van der Waals surface area (Å²) in [6, 6.07) is 1.50. The predicted molar refractivity (Wildman–Crippen MR) is 91.1 cm³/mol. The molecule has 1 aliphatic heterocycles. The molecule has 1 saturated heterocycles. The molecular formula is C16H21N5O3S. The Labute approximate surface area is 145 Å². The van der Waals surface area contributed by atoms with Crippen LogP contribution in [0.5, 0.6) is 0 Å². The smallest absolute Gasteiger partial charge is 0.292 e. The number of aromatic nitrogens is 5. The lowest BCUT2D eigenvalue weighted by atomic mass is 10.1. The van der Waals surface area contributed by atoms with E-state index in [0.29, 0.717) is 18.2 Å². The second kappa shape index (κ2) is 6.36. The van der Waals surface area contributed by atoms with Crippen LogP contribution in [-0.4, -0.2) is 44.2 Å². The molecule has 0 unspecified atom stereocenters. The first kappa shape index (κ1) is 16.4. The van der Waals surface area contributed by atoms with E-state index in [-0.39, 0.29) is 29.8 Å². The summed E-state index contributed by atoms with van der Waals surface area (Å²) < 4.78 is 27.0. The molecule has 2 aliphatic rings. The average molecular weight is 363 g/mol. The van der Waals surface area contributed by atoms with Crippen molar-refractivity contribution in [3.8, 4) is 0 Å². The summed E-state index contributed by atoms with van der Waals surface area (Å²) in [7, 11) is -3.02. The number of sulfone groups is 1. The van der Waals surface area contributed by atoms with Crippen molar-refractivity contribution in [2.75, 3.05) is 11.5 Å². The minimum atomic E-state index is -3.02. The zero-order valence-corrected chi connectivity index (χ0v) is 14.7. The summed E-state index contributed by atoms with van der Waals surface area (Å²) in [5.41, 5.74) is -0.349. The Morgan fingerprint density at radius 2 is 2.00 bits per heavy atom. The minimum Gasteiger partial charge on any atom is -0.292 e. The zero-order valence-electron chi connectivity index (χ0n) is 13.9. The Bertz CT molecular complexity index is 927. The van der Waals surface area contributed by atoms with Crippen LogP contribution < -0.4 is 5.69 Å². The standard InChI is InChI=1S/C16H21N5O3S/c22-16-17-7-3-8-20(16)10-14-18-15(12-4-1-2-5-12)19-21(14)13-6-9-25(23,24)11-13/h3,7-8,12-13H,1-2,4-6,9-11H2/t13-/m0/s1. The Balaban J connectivity index is 1.70. The normalized spacial score (nSPS) is 23.3. The second-order valence-corrected chi connectivity index (χ2v) is 9.13. The third kappa shape index (κ3) is 3.37. The zero-order chi connectivity index (χ0) is 17.4. The molecule has 1 saturated carbocycles. The molecule has 8 nitrogen and oxygen atoms in total. The van der Waals surface area contributed by atoms with E-state index >= 15 is 0 Å². The van der Waals surface area contributed by atoms with Gasteiger partial charge in [-0.2, -0.15) is 5.10 Å². The van der Waals surface area contributed by atoms with Gasteiger partial charge in [-0.3, -0.25) is 4.57 Å². The van der Waals surface area contributed by atoms with Gasteiger partial charge in [-0.15, -0.1) is 0 Å². The predicted octanol–water partition coefficient (Wildman–Crippen LogP) is 0.900. The van der Waals surface area contributed by atoms with Crippen molar-refractivity contribution in [2.24, 2.45) is 0 Å². The first-order valence-electron chi connectivity index (χ1n) is 8.69. The van der Waals surface area contributed by atoms with Gasteiger partial charge in [0, 0.05) is 18.3 Å². The van der Waals surface area contributed by atoms with Crippen LogP contribution >= 0.6 is 0 Å². The van der Waals surface area contributed by atoms with E-state index in [9.17, 15) is 13.2 Å². The highest BCUT2D eigenvalue weighted by Crippen LogP contribution is 2.33. The van der Waals surface area contributed by atoms with Gasteiger partial charge in [0.1, 0.15) is 5.82 Å². The van der Waals surface area contributed by atoms with Crippen molar-refractivity contribution in [1.82, 2.24) is 24.3 Å². The summed E-state index contributed by atoms with van der Waals surface area (Å²) in [4.78, 5) is 20.4. The maximum Gasteiger partial charge on any atom is 0.347 e. The van der Waals surface area contributed by atoms with Gasteiger partial charge in [0.15, 0.2) is 15.7 Å².